The van der Waals surface area contributed by atoms with Crippen LogP contribution >= 0.6 is 23.5 Å². The molecule has 0 unspecified atom stereocenters. The van der Waals surface area contributed by atoms with Crippen molar-refractivity contribution >= 4 is 51.8 Å². The van der Waals surface area contributed by atoms with Crippen LogP contribution in [0.3, 0.4) is 0 Å². The monoisotopic (exact) mass is 431 g/mol. The van der Waals surface area contributed by atoms with Crippen LogP contribution in [0.15, 0.2) is 47.5 Å². The quantitative estimate of drug-likeness (QED) is 0.512. The fourth-order valence-electron chi connectivity index (χ4n) is 3.13. The van der Waals surface area contributed by atoms with Crippen molar-refractivity contribution < 1.29 is 19.7 Å². The molecular formula is C20H18ClN3O4S. The number of phenols is 1. The van der Waals surface area contributed by atoms with Gasteiger partial charge in [0.1, 0.15) is 11.3 Å². The molecule has 2 aromatic carbocycles. The zero-order valence-corrected chi connectivity index (χ0v) is 16.8. The first-order chi connectivity index (χ1) is 14.0. The molecule has 1 saturated heterocycles. The van der Waals surface area contributed by atoms with Crippen molar-refractivity contribution in [1.29, 1.82) is 0 Å². The number of ether oxygens (including phenoxy) is 1. The number of pyridine rings is 1. The smallest absolute Gasteiger partial charge is 0.341 e. The molecule has 4 rings (SSSR count). The van der Waals surface area contributed by atoms with Gasteiger partial charge in [-0.25, -0.2) is 9.10 Å². The molecule has 1 fully saturated rings. The summed E-state index contributed by atoms with van der Waals surface area (Å²) in [4.78, 5) is 17.0. The van der Waals surface area contributed by atoms with Gasteiger partial charge in [-0.3, -0.25) is 4.98 Å². The van der Waals surface area contributed by atoms with Crippen molar-refractivity contribution in [2.24, 2.45) is 0 Å². The Balaban J connectivity index is 1.82. The predicted octanol–water partition coefficient (Wildman–Crippen LogP) is 4.37. The zero-order chi connectivity index (χ0) is 20.4. The van der Waals surface area contributed by atoms with E-state index in [2.05, 4.69) is 14.6 Å². The number of aromatic nitrogens is 1. The average Bonchev–Trinajstić information content (AvgIpc) is 2.70. The second-order valence-corrected chi connectivity index (χ2v) is 8.00. The van der Waals surface area contributed by atoms with E-state index in [1.165, 1.54) is 18.0 Å². The van der Waals surface area contributed by atoms with Crippen LogP contribution in [0, 0.1) is 0 Å². The molecule has 1 aromatic heterocycles. The molecule has 9 heteroatoms. The van der Waals surface area contributed by atoms with Crippen molar-refractivity contribution in [3.05, 3.63) is 53.2 Å². The number of carboxylic acids is 1. The first kappa shape index (κ1) is 19.8. The van der Waals surface area contributed by atoms with Gasteiger partial charge in [0.05, 0.1) is 35.0 Å². The Morgan fingerprint density at radius 1 is 1.24 bits per heavy atom. The number of aromatic hydroxyl groups is 1. The molecule has 1 aliphatic rings. The molecule has 0 radical (unpaired) electrons. The summed E-state index contributed by atoms with van der Waals surface area (Å²) in [6, 6.07) is 9.91. The maximum Gasteiger partial charge on any atom is 0.341 e. The molecule has 3 aromatic rings. The van der Waals surface area contributed by atoms with E-state index >= 15 is 0 Å². The Bertz CT molecular complexity index is 1070. The van der Waals surface area contributed by atoms with Crippen molar-refractivity contribution in [3.63, 3.8) is 0 Å². The lowest BCUT2D eigenvalue weighted by molar-refractivity contribution is 0.0695. The van der Waals surface area contributed by atoms with Crippen LogP contribution < -0.4 is 5.32 Å². The number of anilines is 2. The lowest BCUT2D eigenvalue weighted by Gasteiger charge is -2.26. The van der Waals surface area contributed by atoms with E-state index in [0.29, 0.717) is 23.9 Å². The number of rotatable bonds is 5. The summed E-state index contributed by atoms with van der Waals surface area (Å²) < 4.78 is 7.58. The van der Waals surface area contributed by atoms with Crippen LogP contribution in [0.1, 0.15) is 10.4 Å². The molecule has 0 amide bonds. The highest BCUT2D eigenvalue weighted by Gasteiger charge is 2.20. The van der Waals surface area contributed by atoms with Crippen LogP contribution in [0.5, 0.6) is 5.75 Å². The lowest BCUT2D eigenvalue weighted by Crippen LogP contribution is -2.31. The van der Waals surface area contributed by atoms with Gasteiger partial charge in [-0.15, -0.1) is 0 Å². The summed E-state index contributed by atoms with van der Waals surface area (Å²) in [6.07, 6.45) is 1.75. The maximum absolute atomic E-state index is 11.7. The van der Waals surface area contributed by atoms with Crippen LogP contribution in [0.25, 0.3) is 10.9 Å². The molecule has 0 spiro atoms. The minimum absolute atomic E-state index is 0.193. The van der Waals surface area contributed by atoms with Gasteiger partial charge < -0.3 is 20.3 Å². The number of hydrogen-bond donors (Lipinski definition) is 3. The number of aromatic carboxylic acids is 1. The molecule has 29 heavy (non-hydrogen) atoms. The summed E-state index contributed by atoms with van der Waals surface area (Å²) in [5.74, 6) is -1.52. The Kier molecular flexibility index (Phi) is 5.77. The van der Waals surface area contributed by atoms with Crippen molar-refractivity contribution in [1.82, 2.24) is 9.29 Å². The zero-order valence-electron chi connectivity index (χ0n) is 15.3. The van der Waals surface area contributed by atoms with Gasteiger partial charge in [0.15, 0.2) is 0 Å². The Hall–Kier alpha value is -2.52. The summed E-state index contributed by atoms with van der Waals surface area (Å²) in [6.45, 7) is 2.84. The molecule has 0 aliphatic carbocycles. The normalized spacial score (nSPS) is 14.8. The maximum atomic E-state index is 11.7. The summed E-state index contributed by atoms with van der Waals surface area (Å²) >= 11 is 7.75. The molecule has 2 heterocycles. The van der Waals surface area contributed by atoms with Gasteiger partial charge in [-0.2, -0.15) is 0 Å². The van der Waals surface area contributed by atoms with Gasteiger partial charge >= 0.3 is 5.97 Å². The third-order valence-electron chi connectivity index (χ3n) is 4.51. The standard InChI is InChI=1S/C20H18ClN3O4S/c21-12-4-5-14-13(10-12)19(17(11-22-14)29-24-6-8-28-9-7-24)23-15-2-1-3-16(25)18(15)20(26)27/h1-5,10-11,25H,6-9H2,(H,22,23)(H,26,27). The molecule has 0 atom stereocenters. The van der Waals surface area contributed by atoms with Crippen molar-refractivity contribution in [2.45, 2.75) is 4.90 Å². The first-order valence-electron chi connectivity index (χ1n) is 8.94. The second kappa shape index (κ2) is 8.46. The summed E-state index contributed by atoms with van der Waals surface area (Å²) in [7, 11) is 0. The van der Waals surface area contributed by atoms with E-state index in [9.17, 15) is 15.0 Å². The topological polar surface area (TPSA) is 94.9 Å². The van der Waals surface area contributed by atoms with Crippen molar-refractivity contribution in [2.75, 3.05) is 31.6 Å². The van der Waals surface area contributed by atoms with Crippen LogP contribution in [-0.2, 0) is 4.74 Å². The number of benzene rings is 2. The summed E-state index contributed by atoms with van der Waals surface area (Å²) in [5, 5.41) is 24.1. The van der Waals surface area contributed by atoms with Gasteiger partial charge in [0.2, 0.25) is 0 Å². The molecule has 3 N–H and O–H groups in total. The number of nitrogens with zero attached hydrogens (tertiary/aromatic N) is 2. The van der Waals surface area contributed by atoms with Gasteiger partial charge in [-0.1, -0.05) is 17.7 Å². The average molecular weight is 432 g/mol. The molecule has 7 nitrogen and oxygen atoms in total. The fraction of sp³-hybridized carbons (Fsp3) is 0.200. The highest BCUT2D eigenvalue weighted by Crippen LogP contribution is 2.39. The molecule has 150 valence electrons. The van der Waals surface area contributed by atoms with Crippen molar-refractivity contribution in [3.8, 4) is 5.75 Å². The van der Waals surface area contributed by atoms with Crippen LogP contribution in [0.2, 0.25) is 5.02 Å². The van der Waals surface area contributed by atoms with Gasteiger partial charge in [0, 0.05) is 29.7 Å². The third-order valence-corrected chi connectivity index (χ3v) is 5.87. The second-order valence-electron chi connectivity index (χ2n) is 6.42. The van der Waals surface area contributed by atoms with Crippen LogP contribution in [0.4, 0.5) is 11.4 Å². The molecule has 0 saturated carbocycles. The SMILES string of the molecule is O=C(O)c1c(O)cccc1Nc1c(SN2CCOCC2)cnc2ccc(Cl)cc12. The number of carboxylic acid groups (broad SMARTS) is 1. The van der Waals surface area contributed by atoms with E-state index in [1.54, 1.807) is 30.5 Å². The first-order valence-corrected chi connectivity index (χ1v) is 10.1. The largest absolute Gasteiger partial charge is 0.507 e. The molecule has 0 bridgehead atoms. The Labute approximate surface area is 176 Å². The number of fused-ring (bicyclic) bond motifs is 1. The van der Waals surface area contributed by atoms with E-state index in [1.807, 2.05) is 6.07 Å². The molecule has 1 aliphatic heterocycles. The van der Waals surface area contributed by atoms with E-state index in [0.717, 1.165) is 28.9 Å². The Morgan fingerprint density at radius 2 is 2.03 bits per heavy atom. The van der Waals surface area contributed by atoms with E-state index in [-0.39, 0.29) is 17.0 Å². The summed E-state index contributed by atoms with van der Waals surface area (Å²) in [5.41, 5.74) is 1.50. The number of hydrogen-bond acceptors (Lipinski definition) is 7. The lowest BCUT2D eigenvalue weighted by atomic mass is 10.1. The Morgan fingerprint density at radius 3 is 2.79 bits per heavy atom. The highest BCUT2D eigenvalue weighted by molar-refractivity contribution is 7.97. The van der Waals surface area contributed by atoms with Gasteiger partial charge in [-0.05, 0) is 42.3 Å². The fourth-order valence-corrected chi connectivity index (χ4v) is 4.26. The third kappa shape index (κ3) is 4.25. The van der Waals surface area contributed by atoms with Gasteiger partial charge in [0.25, 0.3) is 0 Å². The highest BCUT2D eigenvalue weighted by atomic mass is 35.5. The molecular weight excluding hydrogens is 414 g/mol. The number of carbonyl (C=O) groups is 1. The van der Waals surface area contributed by atoms with Crippen LogP contribution in [-0.4, -0.2) is 51.8 Å². The number of halogens is 1. The number of morpholine rings is 1. The minimum atomic E-state index is -1.22. The van der Waals surface area contributed by atoms with E-state index < -0.39 is 5.97 Å². The predicted molar refractivity (Wildman–Crippen MR) is 113 cm³/mol. The number of nitrogens with one attached hydrogen (secondary N) is 1. The minimum Gasteiger partial charge on any atom is -0.507 e. The van der Waals surface area contributed by atoms with E-state index in [4.69, 9.17) is 16.3 Å².